The van der Waals surface area contributed by atoms with Gasteiger partial charge in [-0.2, -0.15) is 0 Å². The molecule has 0 aromatic heterocycles. The van der Waals surface area contributed by atoms with Crippen molar-refractivity contribution in [2.45, 2.75) is 46.2 Å². The van der Waals surface area contributed by atoms with Crippen molar-refractivity contribution in [1.29, 1.82) is 0 Å². The second-order valence-electron chi connectivity index (χ2n) is 4.43. The molecule has 0 radical (unpaired) electrons. The highest BCUT2D eigenvalue weighted by Gasteiger charge is 2.12. The molecule has 0 rings (SSSR count). The zero-order chi connectivity index (χ0) is 11.8. The molecule has 0 aliphatic carbocycles. The first-order valence-electron chi connectivity index (χ1n) is 5.71. The van der Waals surface area contributed by atoms with Gasteiger partial charge in [0.05, 0.1) is 0 Å². The first kappa shape index (κ1) is 14.2. The summed E-state index contributed by atoms with van der Waals surface area (Å²) in [5.74, 6) is 0. The summed E-state index contributed by atoms with van der Waals surface area (Å²) < 4.78 is 0. The Labute approximate surface area is 95.2 Å². The van der Waals surface area contributed by atoms with E-state index in [-0.39, 0.29) is 0 Å². The monoisotopic (exact) mass is 207 g/mol. The lowest BCUT2D eigenvalue weighted by Gasteiger charge is -2.30. The molecule has 1 nitrogen and oxygen atoms in total. The molecular formula is C14H25N. The van der Waals surface area contributed by atoms with Crippen LogP contribution in [0.15, 0.2) is 37.0 Å². The second kappa shape index (κ2) is 7.47. The molecule has 0 aliphatic heterocycles. The smallest absolute Gasteiger partial charge is 0.00414 e. The van der Waals surface area contributed by atoms with Crippen molar-refractivity contribution in [1.82, 2.24) is 4.90 Å². The molecule has 0 N–H and O–H groups in total. The lowest BCUT2D eigenvalue weighted by Crippen LogP contribution is -2.37. The Bertz CT molecular complexity index is 215. The lowest BCUT2D eigenvalue weighted by molar-refractivity contribution is 0.178. The minimum absolute atomic E-state index is 0.598. The molecule has 0 aliphatic rings. The molecule has 1 heteroatoms. The highest BCUT2D eigenvalue weighted by Crippen LogP contribution is 2.09. The van der Waals surface area contributed by atoms with Crippen LogP contribution in [0.25, 0.3) is 0 Å². The van der Waals surface area contributed by atoms with Crippen LogP contribution in [0.5, 0.6) is 0 Å². The van der Waals surface area contributed by atoms with Gasteiger partial charge >= 0.3 is 0 Å². The Morgan fingerprint density at radius 2 is 1.73 bits per heavy atom. The third kappa shape index (κ3) is 6.29. The van der Waals surface area contributed by atoms with Crippen LogP contribution >= 0.6 is 0 Å². The fourth-order valence-electron chi connectivity index (χ4n) is 1.67. The predicted octanol–water partition coefficient (Wildman–Crippen LogP) is 3.79. The summed E-state index contributed by atoms with van der Waals surface area (Å²) in [6.45, 7) is 17.7. The molecule has 0 unspecified atom stereocenters. The Kier molecular flexibility index (Phi) is 7.06. The molecule has 0 saturated heterocycles. The van der Waals surface area contributed by atoms with Crippen LogP contribution in [0.2, 0.25) is 0 Å². The topological polar surface area (TPSA) is 3.24 Å². The Balaban J connectivity index is 4.05. The predicted molar refractivity (Wildman–Crippen MR) is 70.1 cm³/mol. The molecule has 0 heterocycles. The number of hydrogen-bond acceptors (Lipinski definition) is 1. The van der Waals surface area contributed by atoms with Crippen molar-refractivity contribution in [3.05, 3.63) is 37.0 Å². The van der Waals surface area contributed by atoms with E-state index in [1.54, 1.807) is 6.08 Å². The maximum absolute atomic E-state index is 4.02. The summed E-state index contributed by atoms with van der Waals surface area (Å²) in [7, 11) is 0. The summed E-state index contributed by atoms with van der Waals surface area (Å²) >= 11 is 0. The molecule has 86 valence electrons. The van der Waals surface area contributed by atoms with E-state index < -0.39 is 0 Å². The summed E-state index contributed by atoms with van der Waals surface area (Å²) in [5.41, 5.74) is 1.17. The van der Waals surface area contributed by atoms with E-state index in [1.807, 2.05) is 12.2 Å². The van der Waals surface area contributed by atoms with E-state index >= 15 is 0 Å². The zero-order valence-corrected chi connectivity index (χ0v) is 10.7. The minimum Gasteiger partial charge on any atom is -0.298 e. The molecule has 0 aromatic carbocycles. The van der Waals surface area contributed by atoms with E-state index in [2.05, 4.69) is 45.8 Å². The van der Waals surface area contributed by atoms with E-state index in [4.69, 9.17) is 0 Å². The maximum Gasteiger partial charge on any atom is 0.00414 e. The van der Waals surface area contributed by atoms with E-state index in [0.29, 0.717) is 12.1 Å². The van der Waals surface area contributed by atoms with Gasteiger partial charge in [-0.15, -0.1) is 0 Å². The van der Waals surface area contributed by atoms with Crippen molar-refractivity contribution in [2.75, 3.05) is 6.54 Å². The molecule has 0 amide bonds. The van der Waals surface area contributed by atoms with Gasteiger partial charge in [0.1, 0.15) is 0 Å². The second-order valence-corrected chi connectivity index (χ2v) is 4.43. The average Bonchev–Trinajstić information content (AvgIpc) is 2.13. The highest BCUT2D eigenvalue weighted by molar-refractivity contribution is 5.18. The van der Waals surface area contributed by atoms with E-state index in [1.165, 1.54) is 5.57 Å². The summed E-state index contributed by atoms with van der Waals surface area (Å²) in [6, 6.07) is 1.20. The molecule has 0 spiro atoms. The van der Waals surface area contributed by atoms with Gasteiger partial charge in [-0.3, -0.25) is 4.90 Å². The lowest BCUT2D eigenvalue weighted by atomic mass is 10.1. The van der Waals surface area contributed by atoms with Gasteiger partial charge in [-0.25, -0.2) is 0 Å². The van der Waals surface area contributed by atoms with Crippen LogP contribution in [0.4, 0.5) is 0 Å². The van der Waals surface area contributed by atoms with Gasteiger partial charge < -0.3 is 0 Å². The van der Waals surface area contributed by atoms with Gasteiger partial charge in [0.25, 0.3) is 0 Å². The van der Waals surface area contributed by atoms with E-state index in [0.717, 1.165) is 13.0 Å². The van der Waals surface area contributed by atoms with Crippen molar-refractivity contribution in [2.24, 2.45) is 0 Å². The minimum atomic E-state index is 0.598. The third-order valence-corrected chi connectivity index (χ3v) is 2.49. The van der Waals surface area contributed by atoms with Crippen LogP contribution in [-0.2, 0) is 0 Å². The van der Waals surface area contributed by atoms with Gasteiger partial charge in [0.15, 0.2) is 0 Å². The zero-order valence-electron chi connectivity index (χ0n) is 10.7. The summed E-state index contributed by atoms with van der Waals surface area (Å²) in [5, 5.41) is 0. The average molecular weight is 207 g/mol. The fourth-order valence-corrected chi connectivity index (χ4v) is 1.67. The number of rotatable bonds is 7. The van der Waals surface area contributed by atoms with Gasteiger partial charge in [0, 0.05) is 18.6 Å². The van der Waals surface area contributed by atoms with Crippen LogP contribution < -0.4 is 0 Å². The standard InChI is InChI=1S/C14H25N/c1-7-8-9-14(6)10-11-15(12(2)3)13(4)5/h7-9,12-13H,1,6,10-11H2,2-5H3. The van der Waals surface area contributed by atoms with Crippen molar-refractivity contribution in [3.8, 4) is 0 Å². The summed E-state index contributed by atoms with van der Waals surface area (Å²) in [6.07, 6.45) is 6.79. The molecule has 0 aromatic rings. The largest absolute Gasteiger partial charge is 0.298 e. The fraction of sp³-hybridized carbons (Fsp3) is 0.571. The molecule has 0 saturated carbocycles. The van der Waals surface area contributed by atoms with Crippen LogP contribution in [0, 0.1) is 0 Å². The first-order chi connectivity index (χ1) is 6.99. The third-order valence-electron chi connectivity index (χ3n) is 2.49. The normalized spacial score (nSPS) is 11.9. The Hall–Kier alpha value is -0.820. The van der Waals surface area contributed by atoms with E-state index in [9.17, 15) is 0 Å². The molecular weight excluding hydrogens is 182 g/mol. The highest BCUT2D eigenvalue weighted by atomic mass is 15.2. The SMILES string of the molecule is C=CC=CC(=C)CCN(C(C)C)C(C)C. The van der Waals surface area contributed by atoms with Crippen molar-refractivity contribution < 1.29 is 0 Å². The Morgan fingerprint density at radius 1 is 1.20 bits per heavy atom. The number of nitrogens with zero attached hydrogens (tertiary/aromatic N) is 1. The van der Waals surface area contributed by atoms with Crippen molar-refractivity contribution in [3.63, 3.8) is 0 Å². The van der Waals surface area contributed by atoms with Crippen LogP contribution in [0.3, 0.4) is 0 Å². The molecule has 0 atom stereocenters. The van der Waals surface area contributed by atoms with Gasteiger partial charge in [0.2, 0.25) is 0 Å². The van der Waals surface area contributed by atoms with Crippen LogP contribution in [-0.4, -0.2) is 23.5 Å². The maximum atomic E-state index is 4.02. The van der Waals surface area contributed by atoms with Crippen LogP contribution in [0.1, 0.15) is 34.1 Å². The van der Waals surface area contributed by atoms with Gasteiger partial charge in [-0.05, 0) is 34.1 Å². The quantitative estimate of drug-likeness (QED) is 0.574. The molecule has 0 fully saturated rings. The first-order valence-corrected chi connectivity index (χ1v) is 5.71. The van der Waals surface area contributed by atoms with Gasteiger partial charge in [-0.1, -0.05) is 37.0 Å². The molecule has 0 bridgehead atoms. The number of hydrogen-bond donors (Lipinski definition) is 0. The number of allylic oxidation sites excluding steroid dienone is 3. The van der Waals surface area contributed by atoms with Crippen molar-refractivity contribution >= 4 is 0 Å². The molecule has 15 heavy (non-hydrogen) atoms. The Morgan fingerprint density at radius 3 is 2.13 bits per heavy atom. The summed E-state index contributed by atoms with van der Waals surface area (Å²) in [4.78, 5) is 2.48.